The molecule has 0 fully saturated rings. The number of carbonyl (C=O) groups excluding carboxylic acids is 1. The molecule has 3 rings (SSSR count). The molecule has 0 bridgehead atoms. The van der Waals surface area contributed by atoms with Crippen molar-refractivity contribution in [3.05, 3.63) is 66.5 Å². The number of hydrogen-bond donors (Lipinski definition) is 1. The highest BCUT2D eigenvalue weighted by molar-refractivity contribution is 5.94. The Morgan fingerprint density at radius 1 is 1.07 bits per heavy atom. The van der Waals surface area contributed by atoms with E-state index >= 15 is 0 Å². The van der Waals surface area contributed by atoms with E-state index in [0.717, 1.165) is 23.5 Å². The highest BCUT2D eigenvalue weighted by Crippen LogP contribution is 2.22. The fourth-order valence-electron chi connectivity index (χ4n) is 2.33. The van der Waals surface area contributed by atoms with Gasteiger partial charge in [0.1, 0.15) is 11.4 Å². The second kappa shape index (κ2) is 7.90. The third-order valence-corrected chi connectivity index (χ3v) is 3.54. The average Bonchev–Trinajstić information content (AvgIpc) is 3.10. The standard InChI is InChI=1S/C18H15F3N4O2/c19-18(20,21)27-14-6-4-13(5-7-14)17(26)23-10-12-25-11-8-16(24-25)15-3-1-2-9-22-15/h1-9,11H,10,12H2,(H,23,26). The van der Waals surface area contributed by atoms with E-state index in [-0.39, 0.29) is 11.3 Å². The second-order valence-corrected chi connectivity index (χ2v) is 5.51. The molecular formula is C18H15F3N4O2. The van der Waals surface area contributed by atoms with Gasteiger partial charge in [-0.1, -0.05) is 6.07 Å². The second-order valence-electron chi connectivity index (χ2n) is 5.51. The van der Waals surface area contributed by atoms with Crippen LogP contribution in [0.15, 0.2) is 60.9 Å². The van der Waals surface area contributed by atoms with Crippen molar-refractivity contribution in [3.63, 3.8) is 0 Å². The minimum absolute atomic E-state index is 0.235. The molecule has 0 saturated heterocycles. The number of halogens is 3. The van der Waals surface area contributed by atoms with Crippen LogP contribution in [0.3, 0.4) is 0 Å². The number of amides is 1. The van der Waals surface area contributed by atoms with E-state index in [1.807, 2.05) is 24.3 Å². The number of benzene rings is 1. The van der Waals surface area contributed by atoms with E-state index in [2.05, 4.69) is 20.1 Å². The zero-order chi connectivity index (χ0) is 19.3. The predicted molar refractivity (Wildman–Crippen MR) is 90.9 cm³/mol. The highest BCUT2D eigenvalue weighted by Gasteiger charge is 2.31. The molecule has 0 spiro atoms. The number of nitrogens with zero attached hydrogens (tertiary/aromatic N) is 3. The first-order chi connectivity index (χ1) is 12.9. The Hall–Kier alpha value is -3.36. The van der Waals surface area contributed by atoms with Crippen molar-refractivity contribution < 1.29 is 22.7 Å². The van der Waals surface area contributed by atoms with Crippen LogP contribution < -0.4 is 10.1 Å². The molecule has 2 aromatic heterocycles. The summed E-state index contributed by atoms with van der Waals surface area (Å²) in [7, 11) is 0. The third kappa shape index (κ3) is 5.30. The normalized spacial score (nSPS) is 11.2. The monoisotopic (exact) mass is 376 g/mol. The molecule has 1 aromatic carbocycles. The summed E-state index contributed by atoms with van der Waals surface area (Å²) in [4.78, 5) is 16.3. The number of carbonyl (C=O) groups is 1. The van der Waals surface area contributed by atoms with Crippen molar-refractivity contribution >= 4 is 5.91 Å². The number of ether oxygens (including phenoxy) is 1. The van der Waals surface area contributed by atoms with Gasteiger partial charge in [-0.05, 0) is 42.5 Å². The van der Waals surface area contributed by atoms with Gasteiger partial charge in [-0.25, -0.2) is 0 Å². The van der Waals surface area contributed by atoms with E-state index in [4.69, 9.17) is 0 Å². The van der Waals surface area contributed by atoms with E-state index in [0.29, 0.717) is 13.1 Å². The van der Waals surface area contributed by atoms with E-state index in [1.165, 1.54) is 12.1 Å². The van der Waals surface area contributed by atoms with Gasteiger partial charge in [0.2, 0.25) is 0 Å². The lowest BCUT2D eigenvalue weighted by atomic mass is 10.2. The van der Waals surface area contributed by atoms with Gasteiger partial charge in [0, 0.05) is 24.5 Å². The minimum Gasteiger partial charge on any atom is -0.406 e. The Morgan fingerprint density at radius 2 is 1.85 bits per heavy atom. The van der Waals surface area contributed by atoms with Crippen LogP contribution in [-0.2, 0) is 6.54 Å². The maximum atomic E-state index is 12.1. The molecule has 6 nitrogen and oxygen atoms in total. The Labute approximate surface area is 152 Å². The van der Waals surface area contributed by atoms with Crippen LogP contribution in [0.5, 0.6) is 5.75 Å². The van der Waals surface area contributed by atoms with E-state index in [1.54, 1.807) is 17.1 Å². The van der Waals surface area contributed by atoms with Gasteiger partial charge >= 0.3 is 6.36 Å². The fourth-order valence-corrected chi connectivity index (χ4v) is 2.33. The average molecular weight is 376 g/mol. The molecule has 27 heavy (non-hydrogen) atoms. The summed E-state index contributed by atoms with van der Waals surface area (Å²) in [6.45, 7) is 0.747. The van der Waals surface area contributed by atoms with Gasteiger partial charge in [0.05, 0.1) is 12.2 Å². The molecule has 1 amide bonds. The topological polar surface area (TPSA) is 69.0 Å². The van der Waals surface area contributed by atoms with Gasteiger partial charge in [-0.3, -0.25) is 14.5 Å². The lowest BCUT2D eigenvalue weighted by molar-refractivity contribution is -0.274. The Balaban J connectivity index is 1.50. The van der Waals surface area contributed by atoms with Crippen LogP contribution in [0.2, 0.25) is 0 Å². The quantitative estimate of drug-likeness (QED) is 0.717. The maximum Gasteiger partial charge on any atom is 0.573 e. The zero-order valence-electron chi connectivity index (χ0n) is 14.0. The van der Waals surface area contributed by atoms with E-state index in [9.17, 15) is 18.0 Å². The van der Waals surface area contributed by atoms with Crippen LogP contribution in [0.1, 0.15) is 10.4 Å². The summed E-state index contributed by atoms with van der Waals surface area (Å²) in [5.41, 5.74) is 1.71. The first-order valence-electron chi connectivity index (χ1n) is 7.99. The number of pyridine rings is 1. The predicted octanol–water partition coefficient (Wildman–Crippen LogP) is 3.27. The number of hydrogen-bond acceptors (Lipinski definition) is 4. The van der Waals surface area contributed by atoms with Gasteiger partial charge < -0.3 is 10.1 Å². The number of aromatic nitrogens is 3. The first kappa shape index (κ1) is 18.4. The first-order valence-corrected chi connectivity index (χ1v) is 7.99. The van der Waals surface area contributed by atoms with Crippen LogP contribution in [0, 0.1) is 0 Å². The van der Waals surface area contributed by atoms with Crippen LogP contribution in [0.4, 0.5) is 13.2 Å². The van der Waals surface area contributed by atoms with Gasteiger partial charge in [0.15, 0.2) is 0 Å². The molecule has 3 aromatic rings. The molecule has 1 N–H and O–H groups in total. The third-order valence-electron chi connectivity index (χ3n) is 3.54. The molecule has 0 radical (unpaired) electrons. The smallest absolute Gasteiger partial charge is 0.406 e. The summed E-state index contributed by atoms with van der Waals surface area (Å²) in [5, 5.41) is 7.06. The highest BCUT2D eigenvalue weighted by atomic mass is 19.4. The largest absolute Gasteiger partial charge is 0.573 e. The van der Waals surface area contributed by atoms with Crippen molar-refractivity contribution in [1.82, 2.24) is 20.1 Å². The number of rotatable bonds is 6. The van der Waals surface area contributed by atoms with Crippen LogP contribution in [0.25, 0.3) is 11.4 Å². The molecule has 0 aliphatic carbocycles. The Morgan fingerprint density at radius 3 is 2.52 bits per heavy atom. The van der Waals surface area contributed by atoms with Crippen molar-refractivity contribution in [2.75, 3.05) is 6.54 Å². The number of nitrogens with one attached hydrogen (secondary N) is 1. The molecule has 9 heteroatoms. The van der Waals surface area contributed by atoms with E-state index < -0.39 is 12.3 Å². The maximum absolute atomic E-state index is 12.1. The Bertz CT molecular complexity index is 893. The van der Waals surface area contributed by atoms with Crippen LogP contribution in [-0.4, -0.2) is 33.6 Å². The zero-order valence-corrected chi connectivity index (χ0v) is 14.0. The fraction of sp³-hybridized carbons (Fsp3) is 0.167. The molecular weight excluding hydrogens is 361 g/mol. The molecule has 0 saturated carbocycles. The molecule has 0 unspecified atom stereocenters. The Kier molecular flexibility index (Phi) is 5.39. The molecule has 0 aliphatic heterocycles. The van der Waals surface area contributed by atoms with Crippen molar-refractivity contribution in [2.24, 2.45) is 0 Å². The summed E-state index contributed by atoms with van der Waals surface area (Å²) < 4.78 is 41.8. The summed E-state index contributed by atoms with van der Waals surface area (Å²) in [5.74, 6) is -0.775. The van der Waals surface area contributed by atoms with Gasteiger partial charge in [-0.15, -0.1) is 13.2 Å². The lowest BCUT2D eigenvalue weighted by Crippen LogP contribution is -2.27. The summed E-state index contributed by atoms with van der Waals surface area (Å²) >= 11 is 0. The molecule has 0 aliphatic rings. The molecule has 140 valence electrons. The van der Waals surface area contributed by atoms with Crippen molar-refractivity contribution in [3.8, 4) is 17.1 Å². The van der Waals surface area contributed by atoms with Crippen LogP contribution >= 0.6 is 0 Å². The lowest BCUT2D eigenvalue weighted by Gasteiger charge is -2.09. The van der Waals surface area contributed by atoms with Crippen molar-refractivity contribution in [2.45, 2.75) is 12.9 Å². The van der Waals surface area contributed by atoms with Gasteiger partial charge in [0.25, 0.3) is 5.91 Å². The summed E-state index contributed by atoms with van der Waals surface area (Å²) in [6, 6.07) is 12.1. The molecule has 0 atom stereocenters. The molecule has 2 heterocycles. The van der Waals surface area contributed by atoms with Crippen molar-refractivity contribution in [1.29, 1.82) is 0 Å². The number of alkyl halides is 3. The van der Waals surface area contributed by atoms with Gasteiger partial charge in [-0.2, -0.15) is 5.10 Å². The minimum atomic E-state index is -4.76. The SMILES string of the molecule is O=C(NCCn1ccc(-c2ccccn2)n1)c1ccc(OC(F)(F)F)cc1. The summed E-state index contributed by atoms with van der Waals surface area (Å²) in [6.07, 6.45) is -1.30.